The van der Waals surface area contributed by atoms with Gasteiger partial charge in [-0.1, -0.05) is 20.8 Å². The third kappa shape index (κ3) is 3.62. The average Bonchev–Trinajstić information content (AvgIpc) is 2.63. The molecule has 0 radical (unpaired) electrons. The Morgan fingerprint density at radius 3 is 2.38 bits per heavy atom. The second-order valence-electron chi connectivity index (χ2n) is 4.29. The summed E-state index contributed by atoms with van der Waals surface area (Å²) in [6.45, 7) is 6.68. The van der Waals surface area contributed by atoms with Crippen molar-refractivity contribution >= 4 is 16.7 Å². The van der Waals surface area contributed by atoms with E-state index in [-0.39, 0.29) is 10.5 Å². The van der Waals surface area contributed by atoms with Crippen molar-refractivity contribution in [1.29, 1.82) is 0 Å². The van der Waals surface area contributed by atoms with Crippen LogP contribution in [0.5, 0.6) is 0 Å². The predicted molar refractivity (Wildman–Crippen MR) is 57.5 cm³/mol. The Kier molecular flexibility index (Phi) is 3.77. The Labute approximate surface area is 96.3 Å². The maximum Gasteiger partial charge on any atom is 0.452 e. The Morgan fingerprint density at radius 2 is 1.94 bits per heavy atom. The molecule has 0 amide bonds. The molecule has 3 nitrogen and oxygen atoms in total. The summed E-state index contributed by atoms with van der Waals surface area (Å²) in [5.74, 6) is -1.07. The third-order valence-electron chi connectivity index (χ3n) is 2.35. The van der Waals surface area contributed by atoms with Gasteiger partial charge in [0.25, 0.3) is 0 Å². The van der Waals surface area contributed by atoms with Crippen molar-refractivity contribution in [2.75, 3.05) is 11.9 Å². The smallest absolute Gasteiger partial charge is 0.360 e. The Balaban J connectivity index is 2.60. The van der Waals surface area contributed by atoms with Crippen molar-refractivity contribution in [2.24, 2.45) is 5.41 Å². The van der Waals surface area contributed by atoms with Crippen LogP contribution in [0, 0.1) is 5.41 Å². The summed E-state index contributed by atoms with van der Waals surface area (Å²) in [5, 5.41) is 3.09. The van der Waals surface area contributed by atoms with Crippen molar-refractivity contribution in [3.05, 3.63) is 5.82 Å². The second-order valence-corrected chi connectivity index (χ2v) is 5.04. The molecule has 92 valence electrons. The van der Waals surface area contributed by atoms with Crippen molar-refractivity contribution in [2.45, 2.75) is 33.4 Å². The minimum absolute atomic E-state index is 0.0318. The molecule has 0 aliphatic carbocycles. The van der Waals surface area contributed by atoms with E-state index in [1.54, 1.807) is 0 Å². The average molecular weight is 253 g/mol. The first-order chi connectivity index (χ1) is 7.24. The SMILES string of the molecule is CCC(C)(C)CNc1nc(C(F)(F)F)ns1. The molecule has 1 aromatic heterocycles. The highest BCUT2D eigenvalue weighted by molar-refractivity contribution is 7.09. The van der Waals surface area contributed by atoms with Crippen molar-refractivity contribution in [3.63, 3.8) is 0 Å². The maximum atomic E-state index is 12.2. The van der Waals surface area contributed by atoms with E-state index in [0.717, 1.165) is 18.0 Å². The van der Waals surface area contributed by atoms with Crippen LogP contribution in [0.2, 0.25) is 0 Å². The lowest BCUT2D eigenvalue weighted by molar-refractivity contribution is -0.144. The summed E-state index contributed by atoms with van der Waals surface area (Å²) in [6.07, 6.45) is -3.53. The highest BCUT2D eigenvalue weighted by Gasteiger charge is 2.36. The number of nitrogens with zero attached hydrogens (tertiary/aromatic N) is 2. The number of rotatable bonds is 4. The fraction of sp³-hybridized carbons (Fsp3) is 0.778. The van der Waals surface area contributed by atoms with Crippen LogP contribution in [0.4, 0.5) is 18.3 Å². The van der Waals surface area contributed by atoms with Gasteiger partial charge in [-0.05, 0) is 11.8 Å². The fourth-order valence-electron chi connectivity index (χ4n) is 0.850. The minimum Gasteiger partial charge on any atom is -0.360 e. The lowest BCUT2D eigenvalue weighted by atomic mass is 9.90. The number of hydrogen-bond acceptors (Lipinski definition) is 4. The number of halogens is 3. The van der Waals surface area contributed by atoms with E-state index < -0.39 is 12.0 Å². The largest absolute Gasteiger partial charge is 0.452 e. The molecule has 1 rings (SSSR count). The van der Waals surface area contributed by atoms with Crippen molar-refractivity contribution in [1.82, 2.24) is 9.36 Å². The molecule has 16 heavy (non-hydrogen) atoms. The van der Waals surface area contributed by atoms with Gasteiger partial charge in [-0.2, -0.15) is 22.5 Å². The van der Waals surface area contributed by atoms with Gasteiger partial charge in [0.05, 0.1) is 0 Å². The molecule has 1 heterocycles. The second kappa shape index (κ2) is 4.57. The molecule has 0 fully saturated rings. The molecular formula is C9H14F3N3S. The lowest BCUT2D eigenvalue weighted by Crippen LogP contribution is -2.22. The number of aromatic nitrogens is 2. The van der Waals surface area contributed by atoms with E-state index in [4.69, 9.17) is 0 Å². The minimum atomic E-state index is -4.46. The first-order valence-electron chi connectivity index (χ1n) is 4.89. The summed E-state index contributed by atoms with van der Waals surface area (Å²) in [4.78, 5) is 3.39. The standard InChI is InChI=1S/C9H14F3N3S/c1-4-8(2,3)5-13-7-14-6(15-16-7)9(10,11)12/h4-5H2,1-3H3,(H,13,14,15). The first kappa shape index (κ1) is 13.2. The zero-order chi connectivity index (χ0) is 12.4. The molecule has 0 saturated heterocycles. The van der Waals surface area contributed by atoms with E-state index in [9.17, 15) is 13.2 Å². The number of nitrogens with one attached hydrogen (secondary N) is 1. The van der Waals surface area contributed by atoms with E-state index in [1.165, 1.54) is 0 Å². The van der Waals surface area contributed by atoms with Gasteiger partial charge >= 0.3 is 6.18 Å². The van der Waals surface area contributed by atoms with Gasteiger partial charge in [0.2, 0.25) is 11.0 Å². The van der Waals surface area contributed by atoms with Crippen LogP contribution < -0.4 is 5.32 Å². The van der Waals surface area contributed by atoms with Gasteiger partial charge in [0.15, 0.2) is 0 Å². The Morgan fingerprint density at radius 1 is 1.31 bits per heavy atom. The number of anilines is 1. The summed E-state index contributed by atoms with van der Waals surface area (Å²) >= 11 is 0.735. The quantitative estimate of drug-likeness (QED) is 0.893. The van der Waals surface area contributed by atoms with Crippen LogP contribution >= 0.6 is 11.5 Å². The van der Waals surface area contributed by atoms with Crippen LogP contribution in [-0.4, -0.2) is 15.9 Å². The molecule has 0 bridgehead atoms. The summed E-state index contributed by atoms with van der Waals surface area (Å²) in [5.41, 5.74) is 0.0318. The summed E-state index contributed by atoms with van der Waals surface area (Å²) in [7, 11) is 0. The molecule has 0 aliphatic rings. The molecule has 0 unspecified atom stereocenters. The van der Waals surface area contributed by atoms with Gasteiger partial charge in [-0.3, -0.25) is 0 Å². The number of hydrogen-bond donors (Lipinski definition) is 1. The maximum absolute atomic E-state index is 12.2. The van der Waals surface area contributed by atoms with Gasteiger partial charge in [0, 0.05) is 18.1 Å². The molecule has 7 heteroatoms. The van der Waals surface area contributed by atoms with Crippen LogP contribution in [-0.2, 0) is 6.18 Å². The molecule has 0 aromatic carbocycles. The lowest BCUT2D eigenvalue weighted by Gasteiger charge is -2.22. The molecule has 0 aliphatic heterocycles. The van der Waals surface area contributed by atoms with Gasteiger partial charge in [-0.25, -0.2) is 0 Å². The topological polar surface area (TPSA) is 37.8 Å². The number of alkyl halides is 3. The van der Waals surface area contributed by atoms with E-state index >= 15 is 0 Å². The first-order valence-corrected chi connectivity index (χ1v) is 5.67. The molecular weight excluding hydrogens is 239 g/mol. The monoisotopic (exact) mass is 253 g/mol. The molecule has 0 spiro atoms. The third-order valence-corrected chi connectivity index (χ3v) is 3.03. The van der Waals surface area contributed by atoms with Crippen LogP contribution in [0.3, 0.4) is 0 Å². The normalized spacial score (nSPS) is 12.9. The Bertz CT molecular complexity index is 346. The molecule has 1 aromatic rings. The highest BCUT2D eigenvalue weighted by atomic mass is 32.1. The molecule has 1 N–H and O–H groups in total. The van der Waals surface area contributed by atoms with Gasteiger partial charge in [-0.15, -0.1) is 0 Å². The van der Waals surface area contributed by atoms with Crippen molar-refractivity contribution < 1.29 is 13.2 Å². The van der Waals surface area contributed by atoms with Crippen LogP contribution in [0.15, 0.2) is 0 Å². The zero-order valence-electron chi connectivity index (χ0n) is 9.35. The van der Waals surface area contributed by atoms with Crippen LogP contribution in [0.25, 0.3) is 0 Å². The zero-order valence-corrected chi connectivity index (χ0v) is 10.2. The van der Waals surface area contributed by atoms with E-state index in [1.807, 2.05) is 20.8 Å². The van der Waals surface area contributed by atoms with Gasteiger partial charge < -0.3 is 5.32 Å². The molecule has 0 saturated carbocycles. The Hall–Kier alpha value is -0.850. The van der Waals surface area contributed by atoms with E-state index in [2.05, 4.69) is 14.7 Å². The fourth-order valence-corrected chi connectivity index (χ4v) is 1.43. The van der Waals surface area contributed by atoms with Crippen molar-refractivity contribution in [3.8, 4) is 0 Å². The van der Waals surface area contributed by atoms with E-state index in [0.29, 0.717) is 6.54 Å². The van der Waals surface area contributed by atoms with Crippen LogP contribution in [0.1, 0.15) is 33.0 Å². The van der Waals surface area contributed by atoms with Gasteiger partial charge in [0.1, 0.15) is 0 Å². The predicted octanol–water partition coefficient (Wildman–Crippen LogP) is 3.41. The summed E-state index contributed by atoms with van der Waals surface area (Å²) < 4.78 is 39.8. The summed E-state index contributed by atoms with van der Waals surface area (Å²) in [6, 6.07) is 0. The molecule has 0 atom stereocenters. The highest BCUT2D eigenvalue weighted by Crippen LogP contribution is 2.29.